The molecule has 0 amide bonds. The van der Waals surface area contributed by atoms with Gasteiger partial charge in [-0.25, -0.2) is 4.79 Å². The number of hydrogen-bond acceptors (Lipinski definition) is 4. The fraction of sp³-hybridized carbons (Fsp3) is 0.533. The first-order valence-corrected chi connectivity index (χ1v) is 6.80. The number of carbonyl (C=O) groups is 1. The third kappa shape index (κ3) is 2.67. The Hall–Kier alpha value is -1.71. The number of nitrogen functional groups attached to an aromatic ring is 1. The lowest BCUT2D eigenvalue weighted by Crippen LogP contribution is -2.38. The minimum absolute atomic E-state index is 0.125. The van der Waals surface area contributed by atoms with Crippen LogP contribution < -0.4 is 10.6 Å². The average Bonchev–Trinajstić information content (AvgIpc) is 2.69. The van der Waals surface area contributed by atoms with E-state index in [9.17, 15) is 4.79 Å². The highest BCUT2D eigenvalue weighted by atomic mass is 16.5. The lowest BCUT2D eigenvalue weighted by Gasteiger charge is -2.34. The summed E-state index contributed by atoms with van der Waals surface area (Å²) < 4.78 is 4.98. The van der Waals surface area contributed by atoms with Gasteiger partial charge in [0.2, 0.25) is 0 Å². The number of hydrogen-bond donors (Lipinski definition) is 1. The predicted molar refractivity (Wildman–Crippen MR) is 77.5 cm³/mol. The van der Waals surface area contributed by atoms with Gasteiger partial charge in [0.15, 0.2) is 0 Å². The Balaban J connectivity index is 2.27. The van der Waals surface area contributed by atoms with Gasteiger partial charge in [0.05, 0.1) is 23.5 Å². The minimum atomic E-state index is -0.318. The summed E-state index contributed by atoms with van der Waals surface area (Å²) in [6.07, 6.45) is 2.33. The van der Waals surface area contributed by atoms with E-state index >= 15 is 0 Å². The van der Waals surface area contributed by atoms with Gasteiger partial charge < -0.3 is 15.4 Å². The Morgan fingerprint density at radius 1 is 1.47 bits per heavy atom. The molecule has 0 aromatic heterocycles. The molecule has 0 spiro atoms. The Morgan fingerprint density at radius 3 is 2.74 bits per heavy atom. The lowest BCUT2D eigenvalue weighted by atomic mass is 10.0. The van der Waals surface area contributed by atoms with E-state index in [1.807, 2.05) is 6.07 Å². The Labute approximate surface area is 114 Å². The smallest absolute Gasteiger partial charge is 0.338 e. The SMILES string of the molecule is CCOC(=O)c1ccc(N2CCCC2(C)C)c(N)c1. The fourth-order valence-electron chi connectivity index (χ4n) is 2.70. The lowest BCUT2D eigenvalue weighted by molar-refractivity contribution is 0.0526. The number of ether oxygens (including phenoxy) is 1. The summed E-state index contributed by atoms with van der Waals surface area (Å²) in [5.74, 6) is -0.318. The molecule has 4 nitrogen and oxygen atoms in total. The molecule has 1 aliphatic heterocycles. The molecule has 1 aliphatic rings. The topological polar surface area (TPSA) is 55.6 Å². The largest absolute Gasteiger partial charge is 0.462 e. The van der Waals surface area contributed by atoms with E-state index in [2.05, 4.69) is 18.7 Å². The van der Waals surface area contributed by atoms with Crippen LogP contribution in [0.25, 0.3) is 0 Å². The zero-order chi connectivity index (χ0) is 14.0. The highest BCUT2D eigenvalue weighted by Gasteiger charge is 2.33. The van der Waals surface area contributed by atoms with E-state index < -0.39 is 0 Å². The van der Waals surface area contributed by atoms with Crippen molar-refractivity contribution in [1.82, 2.24) is 0 Å². The average molecular weight is 262 g/mol. The highest BCUT2D eigenvalue weighted by molar-refractivity contribution is 5.92. The molecule has 1 aromatic carbocycles. The molecule has 4 heteroatoms. The number of esters is 1. The van der Waals surface area contributed by atoms with Crippen molar-refractivity contribution in [3.63, 3.8) is 0 Å². The number of nitrogens with zero attached hydrogens (tertiary/aromatic N) is 1. The van der Waals surface area contributed by atoms with Gasteiger partial charge in [-0.15, -0.1) is 0 Å². The van der Waals surface area contributed by atoms with E-state index in [1.165, 1.54) is 6.42 Å². The van der Waals surface area contributed by atoms with Crippen LogP contribution in [0.5, 0.6) is 0 Å². The van der Waals surface area contributed by atoms with Crippen molar-refractivity contribution in [2.75, 3.05) is 23.8 Å². The van der Waals surface area contributed by atoms with Crippen molar-refractivity contribution in [2.45, 2.75) is 39.2 Å². The van der Waals surface area contributed by atoms with Crippen molar-refractivity contribution in [3.05, 3.63) is 23.8 Å². The van der Waals surface area contributed by atoms with Gasteiger partial charge in [-0.2, -0.15) is 0 Å². The van der Waals surface area contributed by atoms with Gasteiger partial charge in [0.1, 0.15) is 0 Å². The van der Waals surface area contributed by atoms with Gasteiger partial charge in [-0.3, -0.25) is 0 Å². The second kappa shape index (κ2) is 5.11. The fourth-order valence-corrected chi connectivity index (χ4v) is 2.70. The Morgan fingerprint density at radius 2 is 2.21 bits per heavy atom. The maximum Gasteiger partial charge on any atom is 0.338 e. The summed E-state index contributed by atoms with van der Waals surface area (Å²) in [4.78, 5) is 14.0. The number of nitrogens with two attached hydrogens (primary N) is 1. The first-order chi connectivity index (χ1) is 8.95. The Kier molecular flexibility index (Phi) is 3.69. The van der Waals surface area contributed by atoms with Gasteiger partial charge >= 0.3 is 5.97 Å². The predicted octanol–water partition coefficient (Wildman–Crippen LogP) is 2.82. The molecule has 2 rings (SSSR count). The van der Waals surface area contributed by atoms with Crippen LogP contribution in [0, 0.1) is 0 Å². The standard InChI is InChI=1S/C15H22N2O2/c1-4-19-14(18)11-6-7-13(12(16)10-11)17-9-5-8-15(17,2)3/h6-7,10H,4-5,8-9,16H2,1-3H3. The maximum absolute atomic E-state index is 11.7. The molecule has 0 aliphatic carbocycles. The molecule has 0 bridgehead atoms. The van der Waals surface area contributed by atoms with E-state index in [4.69, 9.17) is 10.5 Å². The molecule has 1 aromatic rings. The molecule has 1 fully saturated rings. The molecule has 0 saturated carbocycles. The van der Waals surface area contributed by atoms with Crippen LogP contribution in [0.1, 0.15) is 44.0 Å². The summed E-state index contributed by atoms with van der Waals surface area (Å²) in [6.45, 7) is 7.62. The molecular weight excluding hydrogens is 240 g/mol. The van der Waals surface area contributed by atoms with E-state index in [1.54, 1.807) is 19.1 Å². The van der Waals surface area contributed by atoms with Crippen molar-refractivity contribution in [3.8, 4) is 0 Å². The van der Waals surface area contributed by atoms with Crippen LogP contribution in [0.4, 0.5) is 11.4 Å². The van der Waals surface area contributed by atoms with Crippen molar-refractivity contribution < 1.29 is 9.53 Å². The molecule has 2 N–H and O–H groups in total. The van der Waals surface area contributed by atoms with E-state index in [0.717, 1.165) is 18.7 Å². The van der Waals surface area contributed by atoms with E-state index in [0.29, 0.717) is 17.9 Å². The molecule has 19 heavy (non-hydrogen) atoms. The summed E-state index contributed by atoms with van der Waals surface area (Å²) in [6, 6.07) is 5.43. The summed E-state index contributed by atoms with van der Waals surface area (Å²) in [5.41, 5.74) is 8.39. The molecule has 1 saturated heterocycles. The summed E-state index contributed by atoms with van der Waals surface area (Å²) in [7, 11) is 0. The second-order valence-electron chi connectivity index (χ2n) is 5.56. The van der Waals surface area contributed by atoms with Crippen LogP contribution in [0.15, 0.2) is 18.2 Å². The number of rotatable bonds is 3. The zero-order valence-electron chi connectivity index (χ0n) is 11.9. The number of benzene rings is 1. The first-order valence-electron chi connectivity index (χ1n) is 6.80. The summed E-state index contributed by atoms with van der Waals surface area (Å²) in [5, 5.41) is 0. The van der Waals surface area contributed by atoms with Crippen LogP contribution in [0.3, 0.4) is 0 Å². The van der Waals surface area contributed by atoms with Crippen LogP contribution in [-0.2, 0) is 4.74 Å². The van der Waals surface area contributed by atoms with Crippen molar-refractivity contribution in [1.29, 1.82) is 0 Å². The quantitative estimate of drug-likeness (QED) is 0.672. The van der Waals surface area contributed by atoms with Crippen molar-refractivity contribution in [2.24, 2.45) is 0 Å². The molecular formula is C15H22N2O2. The van der Waals surface area contributed by atoms with Crippen LogP contribution in [0.2, 0.25) is 0 Å². The monoisotopic (exact) mass is 262 g/mol. The normalized spacial score (nSPS) is 17.5. The Bertz CT molecular complexity index is 483. The minimum Gasteiger partial charge on any atom is -0.462 e. The molecule has 1 heterocycles. The first kappa shape index (κ1) is 13.7. The van der Waals surface area contributed by atoms with E-state index in [-0.39, 0.29) is 11.5 Å². The third-order valence-corrected chi connectivity index (χ3v) is 3.73. The van der Waals surface area contributed by atoms with Crippen LogP contribution >= 0.6 is 0 Å². The van der Waals surface area contributed by atoms with Gasteiger partial charge in [0, 0.05) is 12.1 Å². The zero-order valence-corrected chi connectivity index (χ0v) is 11.9. The number of anilines is 2. The van der Waals surface area contributed by atoms with Gasteiger partial charge in [0.25, 0.3) is 0 Å². The molecule has 104 valence electrons. The molecule has 0 atom stereocenters. The second-order valence-corrected chi connectivity index (χ2v) is 5.56. The van der Waals surface area contributed by atoms with Gasteiger partial charge in [-0.1, -0.05) is 0 Å². The molecule has 0 unspecified atom stereocenters. The maximum atomic E-state index is 11.7. The van der Waals surface area contributed by atoms with Gasteiger partial charge in [-0.05, 0) is 51.8 Å². The number of carbonyl (C=O) groups excluding carboxylic acids is 1. The highest BCUT2D eigenvalue weighted by Crippen LogP contribution is 2.36. The third-order valence-electron chi connectivity index (χ3n) is 3.73. The van der Waals surface area contributed by atoms with Crippen LogP contribution in [-0.4, -0.2) is 24.7 Å². The van der Waals surface area contributed by atoms with Crippen molar-refractivity contribution >= 4 is 17.3 Å². The molecule has 0 radical (unpaired) electrons. The summed E-state index contributed by atoms with van der Waals surface area (Å²) >= 11 is 0.